The van der Waals surface area contributed by atoms with E-state index in [2.05, 4.69) is 5.32 Å². The van der Waals surface area contributed by atoms with Gasteiger partial charge in [0.1, 0.15) is 5.75 Å². The number of carbonyl (C=O) groups excluding carboxylic acids is 4. The number of ketones is 1. The fourth-order valence-electron chi connectivity index (χ4n) is 3.13. The van der Waals surface area contributed by atoms with Crippen LogP contribution in [0.5, 0.6) is 5.75 Å². The van der Waals surface area contributed by atoms with Crippen molar-refractivity contribution in [2.45, 2.75) is 33.1 Å². The molecule has 3 aromatic rings. The van der Waals surface area contributed by atoms with Crippen molar-refractivity contribution in [1.29, 1.82) is 0 Å². The summed E-state index contributed by atoms with van der Waals surface area (Å²) in [6, 6.07) is 20.4. The second-order valence-corrected chi connectivity index (χ2v) is 7.96. The molecule has 0 heterocycles. The zero-order chi connectivity index (χ0) is 25.2. The van der Waals surface area contributed by atoms with Crippen molar-refractivity contribution in [1.82, 2.24) is 0 Å². The number of hydrogen-bond donors (Lipinski definition) is 1. The molecule has 180 valence electrons. The van der Waals surface area contributed by atoms with E-state index in [-0.39, 0.29) is 18.7 Å². The molecule has 0 aliphatic rings. The van der Waals surface area contributed by atoms with Gasteiger partial charge in [0.15, 0.2) is 12.4 Å². The lowest BCUT2D eigenvalue weighted by molar-refractivity contribution is -0.143. The summed E-state index contributed by atoms with van der Waals surface area (Å²) in [5, 5.41) is 2.72. The van der Waals surface area contributed by atoms with Crippen molar-refractivity contribution in [2.75, 3.05) is 11.9 Å². The van der Waals surface area contributed by atoms with Crippen LogP contribution in [0.3, 0.4) is 0 Å². The van der Waals surface area contributed by atoms with E-state index in [0.717, 1.165) is 17.5 Å². The van der Waals surface area contributed by atoms with Gasteiger partial charge in [-0.3, -0.25) is 14.4 Å². The van der Waals surface area contributed by atoms with Gasteiger partial charge >= 0.3 is 11.9 Å². The molecule has 0 bridgehead atoms. The Morgan fingerprint density at radius 1 is 0.771 bits per heavy atom. The highest BCUT2D eigenvalue weighted by Crippen LogP contribution is 2.16. The third kappa shape index (κ3) is 7.92. The Morgan fingerprint density at radius 2 is 1.40 bits per heavy atom. The summed E-state index contributed by atoms with van der Waals surface area (Å²) in [6.07, 6.45) is 0.716. The van der Waals surface area contributed by atoms with Gasteiger partial charge in [-0.15, -0.1) is 0 Å². The summed E-state index contributed by atoms with van der Waals surface area (Å²) in [5.74, 6) is -1.57. The van der Waals surface area contributed by atoms with Crippen molar-refractivity contribution >= 4 is 29.3 Å². The number of anilines is 1. The van der Waals surface area contributed by atoms with Crippen LogP contribution < -0.4 is 10.1 Å². The first kappa shape index (κ1) is 25.4. The first-order valence-electron chi connectivity index (χ1n) is 11.3. The summed E-state index contributed by atoms with van der Waals surface area (Å²) in [7, 11) is 0. The molecule has 0 radical (unpaired) electrons. The van der Waals surface area contributed by atoms with Crippen LogP contribution >= 0.6 is 0 Å². The first-order chi connectivity index (χ1) is 16.8. The number of benzene rings is 3. The Kier molecular flexibility index (Phi) is 8.89. The lowest BCUT2D eigenvalue weighted by Gasteiger charge is -2.07. The maximum Gasteiger partial charge on any atom is 0.343 e. The number of aryl methyl sites for hydroxylation is 2. The van der Waals surface area contributed by atoms with Crippen LogP contribution in [0.15, 0.2) is 72.8 Å². The number of amides is 1. The predicted octanol–water partition coefficient (Wildman–Crippen LogP) is 4.92. The zero-order valence-corrected chi connectivity index (χ0v) is 19.7. The minimum atomic E-state index is -0.640. The highest BCUT2D eigenvalue weighted by atomic mass is 16.5. The van der Waals surface area contributed by atoms with Gasteiger partial charge in [-0.25, -0.2) is 4.79 Å². The molecule has 0 aliphatic carbocycles. The van der Waals surface area contributed by atoms with E-state index in [1.807, 2.05) is 50.2 Å². The van der Waals surface area contributed by atoms with Crippen molar-refractivity contribution in [3.63, 3.8) is 0 Å². The predicted molar refractivity (Wildman–Crippen MR) is 132 cm³/mol. The van der Waals surface area contributed by atoms with E-state index in [9.17, 15) is 19.2 Å². The van der Waals surface area contributed by atoms with E-state index in [4.69, 9.17) is 9.47 Å². The third-order valence-electron chi connectivity index (χ3n) is 5.24. The van der Waals surface area contributed by atoms with Gasteiger partial charge in [-0.2, -0.15) is 0 Å². The van der Waals surface area contributed by atoms with E-state index < -0.39 is 24.3 Å². The number of esters is 2. The SMILES string of the molecule is CCc1ccc(NC(=O)CCC(=O)OCC(=O)c2ccc(OC(=O)c3ccc(C)cc3)cc2)cc1. The number of rotatable bonds is 10. The van der Waals surface area contributed by atoms with Crippen LogP contribution in [0, 0.1) is 6.92 Å². The quantitative estimate of drug-likeness (QED) is 0.255. The monoisotopic (exact) mass is 473 g/mol. The van der Waals surface area contributed by atoms with E-state index >= 15 is 0 Å². The maximum absolute atomic E-state index is 12.3. The Hall–Kier alpha value is -4.26. The molecule has 7 heteroatoms. The largest absolute Gasteiger partial charge is 0.457 e. The number of nitrogens with one attached hydrogen (secondary N) is 1. The topological polar surface area (TPSA) is 98.8 Å². The molecule has 0 atom stereocenters. The molecule has 3 rings (SSSR count). The minimum Gasteiger partial charge on any atom is -0.457 e. The van der Waals surface area contributed by atoms with Gasteiger partial charge < -0.3 is 14.8 Å². The Balaban J connectivity index is 1.40. The third-order valence-corrected chi connectivity index (χ3v) is 5.24. The molecule has 1 N–H and O–H groups in total. The van der Waals surface area contributed by atoms with E-state index in [1.54, 1.807) is 12.1 Å². The molecule has 0 saturated carbocycles. The molecular formula is C28H27NO6. The minimum absolute atomic E-state index is 0.0520. The molecule has 7 nitrogen and oxygen atoms in total. The normalized spacial score (nSPS) is 10.3. The second-order valence-electron chi connectivity index (χ2n) is 7.96. The van der Waals surface area contributed by atoms with Gasteiger partial charge in [-0.05, 0) is 67.4 Å². The van der Waals surface area contributed by atoms with Gasteiger partial charge in [0, 0.05) is 17.7 Å². The lowest BCUT2D eigenvalue weighted by Crippen LogP contribution is -2.17. The van der Waals surface area contributed by atoms with Crippen LogP contribution in [-0.4, -0.2) is 30.2 Å². The lowest BCUT2D eigenvalue weighted by atomic mass is 10.1. The summed E-state index contributed by atoms with van der Waals surface area (Å²) in [5.41, 5.74) is 3.58. The summed E-state index contributed by atoms with van der Waals surface area (Å²) in [6.45, 7) is 3.52. The smallest absolute Gasteiger partial charge is 0.343 e. The zero-order valence-electron chi connectivity index (χ0n) is 19.7. The molecule has 3 aromatic carbocycles. The Morgan fingerprint density at radius 3 is 2.03 bits per heavy atom. The average molecular weight is 474 g/mol. The molecule has 0 spiro atoms. The van der Waals surface area contributed by atoms with Crippen molar-refractivity contribution < 1.29 is 28.7 Å². The summed E-state index contributed by atoms with van der Waals surface area (Å²) in [4.78, 5) is 48.4. The highest BCUT2D eigenvalue weighted by Gasteiger charge is 2.13. The van der Waals surface area contributed by atoms with Crippen molar-refractivity contribution in [3.05, 3.63) is 95.1 Å². The number of Topliss-reactive ketones (excluding diaryl/α,β-unsaturated/α-hetero) is 1. The fourth-order valence-corrected chi connectivity index (χ4v) is 3.13. The number of hydrogen-bond acceptors (Lipinski definition) is 6. The Bertz CT molecular complexity index is 1180. The summed E-state index contributed by atoms with van der Waals surface area (Å²) >= 11 is 0. The van der Waals surface area contributed by atoms with Gasteiger partial charge in [-0.1, -0.05) is 36.8 Å². The molecule has 0 aliphatic heterocycles. The second kappa shape index (κ2) is 12.3. The fraction of sp³-hybridized carbons (Fsp3) is 0.214. The van der Waals surface area contributed by atoms with Crippen LogP contribution in [0.2, 0.25) is 0 Å². The van der Waals surface area contributed by atoms with Crippen molar-refractivity contribution in [3.8, 4) is 5.75 Å². The maximum atomic E-state index is 12.3. The highest BCUT2D eigenvalue weighted by molar-refractivity contribution is 5.98. The van der Waals surface area contributed by atoms with Crippen LogP contribution in [0.1, 0.15) is 51.6 Å². The van der Waals surface area contributed by atoms with Crippen LogP contribution in [0.4, 0.5) is 5.69 Å². The molecule has 0 unspecified atom stereocenters. The molecule has 35 heavy (non-hydrogen) atoms. The molecule has 1 amide bonds. The molecule has 0 aromatic heterocycles. The van der Waals surface area contributed by atoms with Crippen LogP contribution in [-0.2, 0) is 20.7 Å². The van der Waals surface area contributed by atoms with Gasteiger partial charge in [0.25, 0.3) is 0 Å². The molecule has 0 fully saturated rings. The number of carbonyl (C=O) groups is 4. The number of ether oxygens (including phenoxy) is 2. The van der Waals surface area contributed by atoms with Gasteiger partial charge in [0.2, 0.25) is 5.91 Å². The molecule has 0 saturated heterocycles. The van der Waals surface area contributed by atoms with E-state index in [1.165, 1.54) is 24.3 Å². The molecular weight excluding hydrogens is 446 g/mol. The van der Waals surface area contributed by atoms with Crippen molar-refractivity contribution in [2.24, 2.45) is 0 Å². The Labute approximate surface area is 204 Å². The average Bonchev–Trinajstić information content (AvgIpc) is 2.87. The van der Waals surface area contributed by atoms with Crippen LogP contribution in [0.25, 0.3) is 0 Å². The standard InChI is InChI=1S/C28H27NO6/c1-3-20-6-12-23(13-7-20)29-26(31)16-17-27(32)34-18-25(30)21-10-14-24(15-11-21)35-28(33)22-8-4-19(2)5-9-22/h4-15H,3,16-18H2,1-2H3,(H,29,31). The first-order valence-corrected chi connectivity index (χ1v) is 11.3. The van der Waals surface area contributed by atoms with Gasteiger partial charge in [0.05, 0.1) is 12.0 Å². The summed E-state index contributed by atoms with van der Waals surface area (Å²) < 4.78 is 10.3. The van der Waals surface area contributed by atoms with E-state index in [0.29, 0.717) is 22.6 Å².